The van der Waals surface area contributed by atoms with Crippen molar-refractivity contribution in [3.63, 3.8) is 0 Å². The van der Waals surface area contributed by atoms with Gasteiger partial charge >= 0.3 is 0 Å². The maximum Gasteiger partial charge on any atom is 0.268 e. The van der Waals surface area contributed by atoms with Crippen LogP contribution < -0.4 is 4.43 Å². The average molecular weight is 142 g/mol. The van der Waals surface area contributed by atoms with Crippen molar-refractivity contribution >= 4 is 20.7 Å². The molecule has 0 amide bonds. The molecule has 0 aromatic heterocycles. The van der Waals surface area contributed by atoms with E-state index in [0.717, 1.165) is 0 Å². The van der Waals surface area contributed by atoms with E-state index in [2.05, 4.69) is 0 Å². The molecule has 9 heavy (non-hydrogen) atoms. The highest BCUT2D eigenvalue weighted by atomic mass is 27.0. The zero-order valence-electron chi connectivity index (χ0n) is 4.99. The fourth-order valence-electron chi connectivity index (χ4n) is 0.581. The third-order valence-corrected chi connectivity index (χ3v) is 2.16. The number of halogens is 2. The first kappa shape index (κ1) is 6.73. The summed E-state index contributed by atoms with van der Waals surface area (Å²) in [5, 5.41) is 0. The highest BCUT2D eigenvalue weighted by molar-refractivity contribution is 6.32. The number of benzene rings is 1. The molecule has 0 spiro atoms. The van der Waals surface area contributed by atoms with Crippen LogP contribution in [0, 0.1) is 11.6 Å². The van der Waals surface area contributed by atoms with E-state index < -0.39 is 11.6 Å². The molecule has 0 N–H and O–H groups in total. The van der Waals surface area contributed by atoms with E-state index in [1.165, 1.54) is 18.2 Å². The number of rotatable bonds is 0. The van der Waals surface area contributed by atoms with Crippen LogP contribution in [0.3, 0.4) is 0 Å². The minimum Gasteiger partial charge on any atom is -0.208 e. The maximum atomic E-state index is 12.4. The molecule has 0 radical (unpaired) electrons. The molecule has 0 fully saturated rings. The van der Waals surface area contributed by atoms with Gasteiger partial charge in [0.2, 0.25) is 0 Å². The molecule has 0 bridgehead atoms. The Morgan fingerprint density at radius 2 is 1.56 bits per heavy atom. The summed E-state index contributed by atoms with van der Waals surface area (Å²) in [6.07, 6.45) is 0. The van der Waals surface area contributed by atoms with Gasteiger partial charge in [0, 0.05) is 0 Å². The Balaban J connectivity index is 3.25. The van der Waals surface area contributed by atoms with E-state index in [4.69, 9.17) is 0 Å². The largest absolute Gasteiger partial charge is 0.268 e. The zero-order valence-corrected chi connectivity index (χ0v) is 6.99. The van der Waals surface area contributed by atoms with Crippen molar-refractivity contribution in [1.82, 2.24) is 0 Å². The van der Waals surface area contributed by atoms with Crippen LogP contribution in [0.1, 0.15) is 0 Å². The summed E-state index contributed by atoms with van der Waals surface area (Å²) in [6.45, 7) is 0. The first-order valence-corrected chi connectivity index (χ1v) is 3.62. The normalized spacial score (nSPS) is 9.56. The molecule has 1 aromatic carbocycles. The predicted molar refractivity (Wildman–Crippen MR) is 34.5 cm³/mol. The number of hydrogen-bond acceptors (Lipinski definition) is 0. The maximum absolute atomic E-state index is 12.4. The quantitative estimate of drug-likeness (QED) is 0.454. The van der Waals surface area contributed by atoms with Gasteiger partial charge in [0.25, 0.3) is 16.3 Å². The molecular formula is C6H5AlF2. The molecule has 0 atom stereocenters. The highest BCUT2D eigenvalue weighted by Gasteiger charge is 1.99. The Kier molecular flexibility index (Phi) is 1.85. The molecule has 0 saturated carbocycles. The summed E-state index contributed by atoms with van der Waals surface area (Å²) in [5.41, 5.74) is 0. The third-order valence-electron chi connectivity index (χ3n) is 1.20. The van der Waals surface area contributed by atoms with Crippen LogP contribution >= 0.6 is 0 Å². The van der Waals surface area contributed by atoms with Crippen molar-refractivity contribution in [2.75, 3.05) is 0 Å². The van der Waals surface area contributed by atoms with Gasteiger partial charge in [0.15, 0.2) is 0 Å². The standard InChI is InChI=1S/C6H3F2.Al.2H/c7-5-2-1-3-6(8)4-5;;;/h1-3H;;;. The second kappa shape index (κ2) is 2.47. The summed E-state index contributed by atoms with van der Waals surface area (Å²) in [4.78, 5) is 0. The highest BCUT2D eigenvalue weighted by Crippen LogP contribution is 1.95. The lowest BCUT2D eigenvalue weighted by atomic mass is 10.3. The molecular weight excluding hydrogens is 137 g/mol. The van der Waals surface area contributed by atoms with E-state index in [9.17, 15) is 8.78 Å². The second-order valence-corrected chi connectivity index (χ2v) is 2.85. The fourth-order valence-corrected chi connectivity index (χ4v) is 0.914. The first-order valence-electron chi connectivity index (χ1n) is 2.62. The molecule has 46 valence electrons. The van der Waals surface area contributed by atoms with Crippen LogP contribution in [-0.4, -0.2) is 16.3 Å². The van der Waals surface area contributed by atoms with Crippen LogP contribution in [0.4, 0.5) is 8.78 Å². The molecule has 0 unspecified atom stereocenters. The molecule has 1 aromatic rings. The van der Waals surface area contributed by atoms with Crippen molar-refractivity contribution < 1.29 is 8.78 Å². The smallest absolute Gasteiger partial charge is 0.208 e. The van der Waals surface area contributed by atoms with E-state index in [0.29, 0.717) is 16.3 Å². The lowest BCUT2D eigenvalue weighted by molar-refractivity contribution is 0.598. The summed E-state index contributed by atoms with van der Waals surface area (Å²) in [5.74, 6) is -0.858. The molecule has 3 heteroatoms. The third kappa shape index (κ3) is 1.29. The van der Waals surface area contributed by atoms with Crippen LogP contribution in [0.5, 0.6) is 0 Å². The van der Waals surface area contributed by atoms with Gasteiger partial charge in [-0.15, -0.1) is 0 Å². The van der Waals surface area contributed by atoms with Gasteiger partial charge in [-0.1, -0.05) is 10.5 Å². The Labute approximate surface area is 59.9 Å². The molecule has 0 saturated heterocycles. The van der Waals surface area contributed by atoms with Gasteiger partial charge in [-0.2, -0.15) is 0 Å². The van der Waals surface area contributed by atoms with Gasteiger partial charge in [-0.25, -0.2) is 8.78 Å². The van der Waals surface area contributed by atoms with Crippen molar-refractivity contribution in [2.24, 2.45) is 0 Å². The predicted octanol–water partition coefficient (Wildman–Crippen LogP) is 0.223. The van der Waals surface area contributed by atoms with Crippen molar-refractivity contribution in [1.29, 1.82) is 0 Å². The number of hydrogen-bond donors (Lipinski definition) is 0. The lowest BCUT2D eigenvalue weighted by Gasteiger charge is -1.94. The van der Waals surface area contributed by atoms with E-state index in [1.807, 2.05) is 0 Å². The van der Waals surface area contributed by atoms with Gasteiger partial charge in [-0.3, -0.25) is 0 Å². The molecule has 0 aliphatic heterocycles. The first-order chi connectivity index (χ1) is 4.22. The van der Waals surface area contributed by atoms with Crippen LogP contribution in [-0.2, 0) is 0 Å². The minimum atomic E-state index is -0.429. The average Bonchev–Trinajstić information content (AvgIpc) is 1.83. The summed E-state index contributed by atoms with van der Waals surface area (Å²) < 4.78 is 25.0. The molecule has 0 aliphatic rings. The Hall–Kier alpha value is -0.388. The van der Waals surface area contributed by atoms with Crippen molar-refractivity contribution in [2.45, 2.75) is 0 Å². The van der Waals surface area contributed by atoms with E-state index >= 15 is 0 Å². The van der Waals surface area contributed by atoms with Crippen LogP contribution in [0.25, 0.3) is 0 Å². The molecule has 0 aliphatic carbocycles. The zero-order chi connectivity index (χ0) is 6.85. The summed E-state index contributed by atoms with van der Waals surface area (Å²) in [7, 11) is 0. The molecule has 0 nitrogen and oxygen atoms in total. The van der Waals surface area contributed by atoms with Gasteiger partial charge in [-0.05, 0) is 12.1 Å². The Morgan fingerprint density at radius 1 is 1.11 bits per heavy atom. The fraction of sp³-hybridized carbons (Fsp3) is 0. The SMILES string of the molecule is Fc1cccc(F)[c]1[AlH2]. The summed E-state index contributed by atoms with van der Waals surface area (Å²) in [6, 6.07) is 3.91. The summed E-state index contributed by atoms with van der Waals surface area (Å²) >= 11 is 0.428. The lowest BCUT2D eigenvalue weighted by Crippen LogP contribution is -2.12. The Bertz CT molecular complexity index is 202. The minimum absolute atomic E-state index is 0.220. The Morgan fingerprint density at radius 3 is 1.89 bits per heavy atom. The molecule has 0 heterocycles. The van der Waals surface area contributed by atoms with Gasteiger partial charge in [0.1, 0.15) is 11.6 Å². The van der Waals surface area contributed by atoms with Crippen LogP contribution in [0.15, 0.2) is 18.2 Å². The van der Waals surface area contributed by atoms with Crippen LogP contribution in [0.2, 0.25) is 0 Å². The van der Waals surface area contributed by atoms with E-state index in [-0.39, 0.29) is 4.43 Å². The van der Waals surface area contributed by atoms with E-state index in [1.54, 1.807) is 0 Å². The monoisotopic (exact) mass is 142 g/mol. The van der Waals surface area contributed by atoms with Crippen molar-refractivity contribution in [3.05, 3.63) is 29.8 Å². The van der Waals surface area contributed by atoms with Gasteiger partial charge < -0.3 is 0 Å². The molecule has 1 rings (SSSR count). The second-order valence-electron chi connectivity index (χ2n) is 1.85. The topological polar surface area (TPSA) is 0 Å². The van der Waals surface area contributed by atoms with Gasteiger partial charge in [0.05, 0.1) is 0 Å². The van der Waals surface area contributed by atoms with Crippen molar-refractivity contribution in [3.8, 4) is 0 Å².